The number of aromatic hydroxyl groups is 2. The van der Waals surface area contributed by atoms with Gasteiger partial charge in [-0.2, -0.15) is 9.40 Å². The number of nitrogens with one attached hydrogen (secondary N) is 3. The van der Waals surface area contributed by atoms with Crippen LogP contribution in [0.2, 0.25) is 0 Å². The van der Waals surface area contributed by atoms with Crippen LogP contribution >= 0.6 is 35.5 Å². The molecule has 1 saturated carbocycles. The average Bonchev–Trinajstić information content (AvgIpc) is 3.73. The number of phenols is 1. The van der Waals surface area contributed by atoms with Crippen LogP contribution in [0.3, 0.4) is 0 Å². The molecule has 4 heterocycles. The molecule has 1 saturated heterocycles. The van der Waals surface area contributed by atoms with Crippen molar-refractivity contribution in [1.82, 2.24) is 30.0 Å². The Morgan fingerprint density at radius 3 is 2.55 bits per heavy atom. The van der Waals surface area contributed by atoms with E-state index in [0.29, 0.717) is 11.3 Å². The minimum absolute atomic E-state index is 0. The second-order valence-corrected chi connectivity index (χ2v) is 14.9. The number of anilines is 2. The molecule has 254 valence electrons. The van der Waals surface area contributed by atoms with Crippen LogP contribution in [0, 0.1) is 0 Å². The second kappa shape index (κ2) is 15.7. The van der Waals surface area contributed by atoms with Gasteiger partial charge in [0.2, 0.25) is 17.7 Å². The van der Waals surface area contributed by atoms with E-state index in [9.17, 15) is 34.5 Å². The summed E-state index contributed by atoms with van der Waals surface area (Å²) in [5.74, 6) is -3.01. The van der Waals surface area contributed by atoms with E-state index in [-0.39, 0.29) is 70.0 Å². The Labute approximate surface area is 316 Å². The molecule has 0 spiro atoms. The summed E-state index contributed by atoms with van der Waals surface area (Å²) in [5.41, 5.74) is 8.99. The van der Waals surface area contributed by atoms with Crippen LogP contribution < -0.4 is 61.4 Å². The first kappa shape index (κ1) is 36.9. The molecule has 16 nitrogen and oxygen atoms in total. The maximum Gasteiger partial charge on any atom is 1.00 e. The van der Waals surface area contributed by atoms with Crippen LogP contribution in [0.1, 0.15) is 37.3 Å². The maximum absolute atomic E-state index is 14.0. The number of carboxylic acids is 1. The first-order valence-corrected chi connectivity index (χ1v) is 17.7. The molecule has 2 unspecified atom stereocenters. The number of benzene rings is 1. The molecule has 1 aliphatic carbocycles. The zero-order valence-corrected chi connectivity index (χ0v) is 30.9. The van der Waals surface area contributed by atoms with Gasteiger partial charge in [-0.15, -0.1) is 23.5 Å². The second-order valence-electron chi connectivity index (χ2n) is 11.3. The van der Waals surface area contributed by atoms with Gasteiger partial charge in [-0.1, -0.05) is 25.0 Å². The van der Waals surface area contributed by atoms with Crippen molar-refractivity contribution in [3.8, 4) is 11.6 Å². The van der Waals surface area contributed by atoms with Crippen LogP contribution in [0.4, 0.5) is 16.4 Å². The number of hydrogen-bond donors (Lipinski definition) is 6. The number of aliphatic carboxylic acids is 1. The molecule has 20 heteroatoms. The van der Waals surface area contributed by atoms with Crippen LogP contribution in [-0.4, -0.2) is 89.3 Å². The topological polar surface area (TPSA) is 229 Å². The SMILES string of the molecule is CN1NC=C(SCC2=C(C(=O)[O-])N3C(=O)C(NC(=O)C(c4ccc(O)cc4)N(C(N)=O)c4cnc(NC5CCCC5)nc4O)[C@H]3SC2)S1.[Na+]. The van der Waals surface area contributed by atoms with Gasteiger partial charge in [-0.25, -0.2) is 9.78 Å². The zero-order chi connectivity index (χ0) is 34.1. The standard InChI is InChI=1S/C29H33N9O7S3.Na/c1-36-32-11-19(48-36)46-12-15-13-47-26-20(25(42)38(26)22(15)27(43)44)34-24(41)21(14-6-8-17(39)9-7-14)37(28(30)45)18-10-31-29(35-23(18)40)33-16-4-2-3-5-16;/h6-11,16,20-21,26,32,39H,2-5,12-13H2,1H3,(H2,30,45)(H,34,41)(H,43,44)(H2,31,33,35,40);/q;+1/p-1/t20?,21?,26-;/m1./s1. The van der Waals surface area contributed by atoms with Gasteiger partial charge in [-0.05, 0) is 48.1 Å². The third-order valence-electron chi connectivity index (χ3n) is 8.17. The Balaban J connectivity index is 0.00000468. The molecule has 0 bridgehead atoms. The third kappa shape index (κ3) is 7.87. The van der Waals surface area contributed by atoms with Crippen molar-refractivity contribution in [1.29, 1.82) is 0 Å². The number of aromatic nitrogens is 2. The Bertz CT molecular complexity index is 1690. The van der Waals surface area contributed by atoms with Crippen molar-refractivity contribution < 1.29 is 64.1 Å². The molecule has 3 aliphatic heterocycles. The molecule has 6 rings (SSSR count). The number of fused-ring (bicyclic) bond motifs is 1. The van der Waals surface area contributed by atoms with Crippen molar-refractivity contribution in [2.75, 3.05) is 28.8 Å². The fourth-order valence-corrected chi connectivity index (χ4v) is 9.26. The summed E-state index contributed by atoms with van der Waals surface area (Å²) in [6, 6.07) is 1.70. The zero-order valence-electron chi connectivity index (χ0n) is 26.5. The number of carboxylic acid groups (broad SMARTS) is 1. The van der Waals surface area contributed by atoms with Crippen LogP contribution in [0.5, 0.6) is 11.6 Å². The molecule has 4 aliphatic rings. The summed E-state index contributed by atoms with van der Waals surface area (Å²) >= 11 is 4.15. The third-order valence-corrected chi connectivity index (χ3v) is 11.7. The number of phenolic OH excluding ortho intramolecular Hbond substituents is 1. The van der Waals surface area contributed by atoms with Gasteiger partial charge in [0.25, 0.3) is 5.91 Å². The van der Waals surface area contributed by atoms with Gasteiger partial charge in [0.15, 0.2) is 0 Å². The Kier molecular flexibility index (Phi) is 11.8. The van der Waals surface area contributed by atoms with E-state index >= 15 is 0 Å². The molecule has 2 aromatic rings. The number of hydrogen-bond acceptors (Lipinski definition) is 15. The number of nitrogens with two attached hydrogens (primary N) is 1. The van der Waals surface area contributed by atoms with Gasteiger partial charge >= 0.3 is 35.6 Å². The summed E-state index contributed by atoms with van der Waals surface area (Å²) in [6.45, 7) is 0. The van der Waals surface area contributed by atoms with Crippen LogP contribution in [0.25, 0.3) is 0 Å². The van der Waals surface area contributed by atoms with Gasteiger partial charge in [0.05, 0.1) is 22.1 Å². The van der Waals surface area contributed by atoms with Crippen molar-refractivity contribution in [3.05, 3.63) is 57.7 Å². The van der Waals surface area contributed by atoms with Gasteiger partial charge in [0.1, 0.15) is 28.9 Å². The van der Waals surface area contributed by atoms with Gasteiger partial charge < -0.3 is 41.9 Å². The molecule has 7 N–H and O–H groups in total. The number of carbonyl (C=O) groups excluding carboxylic acids is 4. The van der Waals surface area contributed by atoms with E-state index in [0.717, 1.165) is 39.7 Å². The van der Waals surface area contributed by atoms with Gasteiger partial charge in [0, 0.05) is 30.8 Å². The smallest absolute Gasteiger partial charge is 0.543 e. The first-order chi connectivity index (χ1) is 23.0. The number of urea groups is 1. The molecule has 1 aromatic carbocycles. The molecule has 4 amide bonds. The molecular weight excluding hydrogens is 706 g/mol. The quantitative estimate of drug-likeness (QED) is 0.0825. The van der Waals surface area contributed by atoms with Crippen molar-refractivity contribution >= 4 is 70.9 Å². The number of carbonyl (C=O) groups is 4. The minimum Gasteiger partial charge on any atom is -0.543 e. The number of hydrazine groups is 1. The monoisotopic (exact) mass is 737 g/mol. The van der Waals surface area contributed by atoms with E-state index < -0.39 is 47.2 Å². The van der Waals surface area contributed by atoms with E-state index in [2.05, 4.69) is 26.0 Å². The van der Waals surface area contributed by atoms with Crippen molar-refractivity contribution in [2.45, 2.75) is 49.2 Å². The summed E-state index contributed by atoms with van der Waals surface area (Å²) < 4.78 is 2.71. The minimum atomic E-state index is -1.55. The van der Waals surface area contributed by atoms with E-state index in [1.807, 2.05) is 7.05 Å². The van der Waals surface area contributed by atoms with E-state index in [4.69, 9.17) is 5.73 Å². The van der Waals surface area contributed by atoms with Crippen LogP contribution in [0.15, 0.2) is 52.2 Å². The largest absolute Gasteiger partial charge is 1.00 e. The van der Waals surface area contributed by atoms with E-state index in [1.165, 1.54) is 65.9 Å². The Morgan fingerprint density at radius 1 is 1.22 bits per heavy atom. The normalized spacial score (nSPS) is 21.1. The number of nitrogens with zero attached hydrogens (tertiary/aromatic N) is 5. The van der Waals surface area contributed by atoms with E-state index in [1.54, 1.807) is 10.6 Å². The predicted octanol–water partition coefficient (Wildman–Crippen LogP) is -2.09. The fraction of sp³-hybridized carbons (Fsp3) is 0.379. The molecular formula is C29H32N9NaO7S3. The average molecular weight is 738 g/mol. The predicted molar refractivity (Wildman–Crippen MR) is 179 cm³/mol. The summed E-state index contributed by atoms with van der Waals surface area (Å²) in [6.07, 6.45) is 6.92. The molecule has 49 heavy (non-hydrogen) atoms. The van der Waals surface area contributed by atoms with Crippen molar-refractivity contribution in [3.63, 3.8) is 0 Å². The number of amides is 4. The summed E-state index contributed by atoms with van der Waals surface area (Å²) in [7, 11) is 1.84. The number of thioether (sulfide) groups is 2. The van der Waals surface area contributed by atoms with Crippen LogP contribution in [-0.2, 0) is 14.4 Å². The number of β-lactam (4-membered cyclic amide) rings is 1. The number of primary amides is 1. The molecule has 0 radical (unpaired) electrons. The van der Waals surface area contributed by atoms with Gasteiger partial charge in [-0.3, -0.25) is 19.4 Å². The first-order valence-electron chi connectivity index (χ1n) is 14.9. The summed E-state index contributed by atoms with van der Waals surface area (Å²) in [5, 5.41) is 38.1. The number of rotatable bonds is 11. The Morgan fingerprint density at radius 2 is 1.94 bits per heavy atom. The Hall–Kier alpha value is -3.33. The fourth-order valence-electron chi connectivity index (χ4n) is 5.89. The summed E-state index contributed by atoms with van der Waals surface area (Å²) in [4.78, 5) is 62.9. The molecule has 2 fully saturated rings. The maximum atomic E-state index is 14.0. The molecule has 1 aromatic heterocycles. The molecule has 3 atom stereocenters. The van der Waals surface area contributed by atoms with Crippen molar-refractivity contribution in [2.24, 2.45) is 5.73 Å².